The first kappa shape index (κ1) is 12.0. The summed E-state index contributed by atoms with van der Waals surface area (Å²) in [5.41, 5.74) is 0.487. The third-order valence-corrected chi connectivity index (χ3v) is 2.31. The van der Waals surface area contributed by atoms with Crippen LogP contribution in [0.3, 0.4) is 0 Å². The Bertz CT molecular complexity index is 344. The van der Waals surface area contributed by atoms with Crippen molar-refractivity contribution in [1.82, 2.24) is 0 Å². The molecule has 1 aliphatic rings. The van der Waals surface area contributed by atoms with Crippen LogP contribution in [-0.2, 0) is 23.8 Å². The van der Waals surface area contributed by atoms with Crippen LogP contribution in [0, 0.1) is 0 Å². The number of carbonyl (C=O) groups is 2. The van der Waals surface area contributed by atoms with Gasteiger partial charge in [0.25, 0.3) is 6.29 Å². The van der Waals surface area contributed by atoms with Crippen molar-refractivity contribution >= 4 is 34.5 Å². The monoisotopic (exact) mass is 324 g/mol. The molecule has 0 saturated carbocycles. The van der Waals surface area contributed by atoms with Gasteiger partial charge in [-0.2, -0.15) is 0 Å². The second kappa shape index (κ2) is 5.15. The van der Waals surface area contributed by atoms with Crippen LogP contribution < -0.4 is 0 Å². The van der Waals surface area contributed by atoms with E-state index in [9.17, 15) is 9.59 Å². The molecule has 0 aliphatic carbocycles. The number of carbonyl (C=O) groups excluding carboxylic acids is 2. The highest BCUT2D eigenvalue weighted by Crippen LogP contribution is 2.16. The molecule has 6 heteroatoms. The molecule has 0 aromatic rings. The van der Waals surface area contributed by atoms with E-state index in [0.29, 0.717) is 5.57 Å². The maximum atomic E-state index is 10.9. The Balaban J connectivity index is 2.52. The topological polar surface area (TPSA) is 61.8 Å². The molecule has 1 aliphatic heterocycles. The molecule has 0 N–H and O–H groups in total. The molecule has 0 radical (unpaired) electrons. The van der Waals surface area contributed by atoms with Crippen LogP contribution in [0.4, 0.5) is 0 Å². The summed E-state index contributed by atoms with van der Waals surface area (Å²) in [6.45, 7) is 1.63. The molecule has 1 rings (SSSR count). The van der Waals surface area contributed by atoms with Gasteiger partial charge in [0.15, 0.2) is 0 Å². The number of esters is 2. The lowest BCUT2D eigenvalue weighted by Gasteiger charge is -2.07. The van der Waals surface area contributed by atoms with Crippen LogP contribution >= 0.6 is 22.6 Å². The zero-order chi connectivity index (χ0) is 11.4. The summed E-state index contributed by atoms with van der Waals surface area (Å²) >= 11 is 1.76. The first-order valence-corrected chi connectivity index (χ1v) is 5.11. The summed E-state index contributed by atoms with van der Waals surface area (Å²) in [5.74, 6) is -0.915. The van der Waals surface area contributed by atoms with Gasteiger partial charge in [0, 0.05) is 11.6 Å². The minimum Gasteiger partial charge on any atom is -0.465 e. The molecule has 1 heterocycles. The zero-order valence-electron chi connectivity index (χ0n) is 8.15. The number of rotatable bonds is 3. The van der Waals surface area contributed by atoms with E-state index in [2.05, 4.69) is 4.74 Å². The minimum absolute atomic E-state index is 0.268. The van der Waals surface area contributed by atoms with Crippen LogP contribution in [-0.4, -0.2) is 25.3 Å². The van der Waals surface area contributed by atoms with Crippen molar-refractivity contribution in [2.24, 2.45) is 0 Å². The second-order valence-corrected chi connectivity index (χ2v) is 3.88. The third-order valence-electron chi connectivity index (χ3n) is 1.62. The molecule has 0 fully saturated rings. The van der Waals surface area contributed by atoms with E-state index in [1.54, 1.807) is 29.5 Å². The SMILES string of the molecule is COC(=O)/C(I)=C/O[C@@H]1C=C(C)C(=O)O1. The molecule has 5 nitrogen and oxygen atoms in total. The second-order valence-electron chi connectivity index (χ2n) is 2.72. The van der Waals surface area contributed by atoms with Gasteiger partial charge >= 0.3 is 11.9 Å². The Morgan fingerprint density at radius 1 is 1.67 bits per heavy atom. The van der Waals surface area contributed by atoms with Gasteiger partial charge in [-0.3, -0.25) is 0 Å². The highest BCUT2D eigenvalue weighted by atomic mass is 127. The number of methoxy groups -OCH3 is 1. The number of hydrogen-bond acceptors (Lipinski definition) is 5. The van der Waals surface area contributed by atoms with E-state index in [-0.39, 0.29) is 3.58 Å². The molecular weight excluding hydrogens is 315 g/mol. The first-order valence-electron chi connectivity index (χ1n) is 4.03. The van der Waals surface area contributed by atoms with Crippen LogP contribution in [0.25, 0.3) is 0 Å². The zero-order valence-corrected chi connectivity index (χ0v) is 10.3. The van der Waals surface area contributed by atoms with Crippen LogP contribution in [0.5, 0.6) is 0 Å². The fourth-order valence-corrected chi connectivity index (χ4v) is 1.21. The van der Waals surface area contributed by atoms with Gasteiger partial charge in [-0.15, -0.1) is 0 Å². The van der Waals surface area contributed by atoms with Gasteiger partial charge in [-0.25, -0.2) is 9.59 Å². The molecule has 0 spiro atoms. The predicted octanol–water partition coefficient (Wildman–Crippen LogP) is 1.28. The summed E-state index contributed by atoms with van der Waals surface area (Å²) in [5, 5.41) is 0. The van der Waals surface area contributed by atoms with E-state index >= 15 is 0 Å². The van der Waals surface area contributed by atoms with Crippen molar-refractivity contribution in [1.29, 1.82) is 0 Å². The van der Waals surface area contributed by atoms with Crippen LogP contribution in [0.1, 0.15) is 6.92 Å². The maximum Gasteiger partial charge on any atom is 0.347 e. The Kier molecular flexibility index (Phi) is 4.13. The van der Waals surface area contributed by atoms with E-state index in [1.165, 1.54) is 19.4 Å². The molecule has 0 unspecified atom stereocenters. The molecule has 0 aromatic carbocycles. The highest BCUT2D eigenvalue weighted by Gasteiger charge is 2.22. The summed E-state index contributed by atoms with van der Waals surface area (Å²) in [4.78, 5) is 21.9. The van der Waals surface area contributed by atoms with Crippen molar-refractivity contribution in [2.45, 2.75) is 13.2 Å². The van der Waals surface area contributed by atoms with Crippen molar-refractivity contribution < 1.29 is 23.8 Å². The number of cyclic esters (lactones) is 1. The van der Waals surface area contributed by atoms with Crippen molar-refractivity contribution in [3.05, 3.63) is 21.5 Å². The van der Waals surface area contributed by atoms with Gasteiger partial charge in [0.05, 0.1) is 7.11 Å². The molecule has 15 heavy (non-hydrogen) atoms. The van der Waals surface area contributed by atoms with E-state index < -0.39 is 18.2 Å². The number of ether oxygens (including phenoxy) is 3. The maximum absolute atomic E-state index is 10.9. The van der Waals surface area contributed by atoms with E-state index in [0.717, 1.165) is 0 Å². The normalized spacial score (nSPS) is 20.7. The molecule has 0 amide bonds. The van der Waals surface area contributed by atoms with Gasteiger partial charge in [-0.05, 0) is 29.5 Å². The van der Waals surface area contributed by atoms with E-state index in [1.807, 2.05) is 0 Å². The molecule has 0 saturated heterocycles. The van der Waals surface area contributed by atoms with Crippen molar-refractivity contribution in [2.75, 3.05) is 7.11 Å². The Morgan fingerprint density at radius 3 is 2.80 bits per heavy atom. The number of halogens is 1. The summed E-state index contributed by atoms with van der Waals surface area (Å²) in [6.07, 6.45) is 1.96. The van der Waals surface area contributed by atoms with Crippen molar-refractivity contribution in [3.8, 4) is 0 Å². The van der Waals surface area contributed by atoms with Gasteiger partial charge in [-0.1, -0.05) is 0 Å². The third kappa shape index (κ3) is 3.22. The fourth-order valence-electron chi connectivity index (χ4n) is 0.844. The molecule has 0 aromatic heterocycles. The first-order chi connectivity index (χ1) is 7.04. The van der Waals surface area contributed by atoms with Gasteiger partial charge in [0.2, 0.25) is 0 Å². The number of hydrogen-bond donors (Lipinski definition) is 0. The summed E-state index contributed by atoms with van der Waals surface area (Å²) < 4.78 is 14.5. The Labute approximate surface area is 100 Å². The average Bonchev–Trinajstić information content (AvgIpc) is 2.54. The molecule has 82 valence electrons. The predicted molar refractivity (Wildman–Crippen MR) is 58.8 cm³/mol. The highest BCUT2D eigenvalue weighted by molar-refractivity contribution is 14.1. The summed E-state index contributed by atoms with van der Waals surface area (Å²) in [6, 6.07) is 0. The van der Waals surface area contributed by atoms with Crippen molar-refractivity contribution in [3.63, 3.8) is 0 Å². The smallest absolute Gasteiger partial charge is 0.347 e. The van der Waals surface area contributed by atoms with Crippen LogP contribution in [0.2, 0.25) is 0 Å². The minimum atomic E-state index is -0.757. The Morgan fingerprint density at radius 2 is 2.33 bits per heavy atom. The lowest BCUT2D eigenvalue weighted by atomic mass is 10.3. The summed E-state index contributed by atoms with van der Waals surface area (Å²) in [7, 11) is 1.27. The largest absolute Gasteiger partial charge is 0.465 e. The molecule has 1 atom stereocenters. The van der Waals surface area contributed by atoms with Gasteiger partial charge in [0.1, 0.15) is 9.84 Å². The molecule has 0 bridgehead atoms. The Hall–Kier alpha value is -1.05. The van der Waals surface area contributed by atoms with Gasteiger partial charge < -0.3 is 14.2 Å². The molecular formula is C9H9IO5. The standard InChI is InChI=1S/C9H9IO5/c1-5-3-7(15-8(5)11)14-4-6(10)9(12)13-2/h3-4,7H,1-2H3/b6-4-/t7-/m0/s1. The quantitative estimate of drug-likeness (QED) is 0.339. The lowest BCUT2D eigenvalue weighted by molar-refractivity contribution is -0.152. The fraction of sp³-hybridized carbons (Fsp3) is 0.333. The van der Waals surface area contributed by atoms with Crippen LogP contribution in [0.15, 0.2) is 21.5 Å². The average molecular weight is 324 g/mol. The van der Waals surface area contributed by atoms with E-state index in [4.69, 9.17) is 9.47 Å². The lowest BCUT2D eigenvalue weighted by Crippen LogP contribution is -2.10.